The van der Waals surface area contributed by atoms with Gasteiger partial charge >= 0.3 is 5.97 Å². The minimum atomic E-state index is -0.519. The van der Waals surface area contributed by atoms with Crippen molar-refractivity contribution in [3.8, 4) is 5.75 Å². The van der Waals surface area contributed by atoms with Gasteiger partial charge < -0.3 is 24.7 Å². The third-order valence-corrected chi connectivity index (χ3v) is 5.84. The molecule has 0 radical (unpaired) electrons. The van der Waals surface area contributed by atoms with E-state index in [-0.39, 0.29) is 5.91 Å². The molecule has 2 aromatic heterocycles. The smallest absolute Gasteiger partial charge is 0.356 e. The summed E-state index contributed by atoms with van der Waals surface area (Å²) in [4.78, 5) is 29.4. The molecule has 1 amide bonds. The summed E-state index contributed by atoms with van der Waals surface area (Å²) < 4.78 is 12.1. The Morgan fingerprint density at radius 3 is 2.53 bits per heavy atom. The molecule has 1 saturated carbocycles. The van der Waals surface area contributed by atoms with Crippen LogP contribution < -0.4 is 15.4 Å². The van der Waals surface area contributed by atoms with Gasteiger partial charge in [-0.15, -0.1) is 0 Å². The van der Waals surface area contributed by atoms with Crippen LogP contribution in [-0.4, -0.2) is 41.7 Å². The zero-order valence-corrected chi connectivity index (χ0v) is 18.6. The van der Waals surface area contributed by atoms with Crippen molar-refractivity contribution in [2.24, 2.45) is 0 Å². The number of pyridine rings is 1. The van der Waals surface area contributed by atoms with Crippen LogP contribution in [0, 0.1) is 0 Å². The summed E-state index contributed by atoms with van der Waals surface area (Å²) >= 11 is 0. The van der Waals surface area contributed by atoms with Crippen LogP contribution in [0.15, 0.2) is 36.5 Å². The van der Waals surface area contributed by atoms with Crippen molar-refractivity contribution in [3.05, 3.63) is 47.8 Å². The highest BCUT2D eigenvalue weighted by Gasteiger charge is 2.26. The normalized spacial score (nSPS) is 13.5. The van der Waals surface area contributed by atoms with E-state index in [1.54, 1.807) is 13.3 Å². The van der Waals surface area contributed by atoms with Crippen molar-refractivity contribution in [1.82, 2.24) is 9.55 Å². The quantitative estimate of drug-likeness (QED) is 0.519. The molecule has 4 rings (SSSR count). The van der Waals surface area contributed by atoms with Crippen molar-refractivity contribution in [2.75, 3.05) is 24.9 Å². The summed E-state index contributed by atoms with van der Waals surface area (Å²) in [7, 11) is 2.97. The minimum Gasteiger partial charge on any atom is -0.497 e. The third-order valence-electron chi connectivity index (χ3n) is 5.84. The maximum absolute atomic E-state index is 12.8. The number of esters is 1. The van der Waals surface area contributed by atoms with Crippen molar-refractivity contribution in [3.63, 3.8) is 0 Å². The number of hydrogen-bond donors (Lipinski definition) is 2. The molecule has 0 unspecified atom stereocenters. The van der Waals surface area contributed by atoms with Crippen molar-refractivity contribution in [2.45, 2.75) is 45.2 Å². The molecule has 0 aliphatic heterocycles. The van der Waals surface area contributed by atoms with Gasteiger partial charge in [0.05, 0.1) is 31.8 Å². The number of aryl methyl sites for hydroxylation is 2. The number of rotatable bonds is 8. The number of hydrogen-bond acceptors (Lipinski definition) is 6. The summed E-state index contributed by atoms with van der Waals surface area (Å²) in [6.45, 7) is 1.92. The second-order valence-corrected chi connectivity index (χ2v) is 8.01. The van der Waals surface area contributed by atoms with Gasteiger partial charge in [-0.2, -0.15) is 0 Å². The fourth-order valence-corrected chi connectivity index (χ4v) is 3.95. The van der Waals surface area contributed by atoms with E-state index in [0.29, 0.717) is 41.4 Å². The average Bonchev–Trinajstić information content (AvgIpc) is 3.06. The highest BCUT2D eigenvalue weighted by molar-refractivity contribution is 6.10. The Morgan fingerprint density at radius 2 is 1.94 bits per heavy atom. The zero-order valence-electron chi connectivity index (χ0n) is 18.6. The van der Waals surface area contributed by atoms with Crippen LogP contribution >= 0.6 is 0 Å². The van der Waals surface area contributed by atoms with Crippen LogP contribution in [0.1, 0.15) is 42.2 Å². The van der Waals surface area contributed by atoms with E-state index < -0.39 is 5.97 Å². The Bertz CT molecular complexity index is 1130. The van der Waals surface area contributed by atoms with E-state index in [9.17, 15) is 9.59 Å². The molecule has 1 aromatic carbocycles. The Hall–Kier alpha value is -3.55. The highest BCUT2D eigenvalue weighted by atomic mass is 16.5. The van der Waals surface area contributed by atoms with Gasteiger partial charge in [-0.25, -0.2) is 9.78 Å². The lowest BCUT2D eigenvalue weighted by Crippen LogP contribution is -2.26. The lowest BCUT2D eigenvalue weighted by atomic mass is 9.93. The topological polar surface area (TPSA) is 94.5 Å². The van der Waals surface area contributed by atoms with Gasteiger partial charge in [0.2, 0.25) is 5.91 Å². The Morgan fingerprint density at radius 1 is 1.19 bits per heavy atom. The molecule has 1 fully saturated rings. The first-order valence-electron chi connectivity index (χ1n) is 10.8. The molecule has 3 aromatic rings. The van der Waals surface area contributed by atoms with Crippen LogP contribution in [0.3, 0.4) is 0 Å². The van der Waals surface area contributed by atoms with Gasteiger partial charge in [0.15, 0.2) is 5.69 Å². The molecule has 8 nitrogen and oxygen atoms in total. The number of nitrogens with zero attached hydrogens (tertiary/aromatic N) is 2. The molecule has 0 saturated heterocycles. The number of amides is 1. The SMILES string of the molecule is COC(=O)c1c(NC(C)=O)c2cc(NC3CCC3)cnc2n1CCc1ccc(OC)cc1. The molecule has 0 spiro atoms. The minimum absolute atomic E-state index is 0.262. The van der Waals surface area contributed by atoms with Crippen LogP contribution in [0.25, 0.3) is 11.0 Å². The number of benzene rings is 1. The molecule has 32 heavy (non-hydrogen) atoms. The molecule has 1 aliphatic rings. The summed E-state index contributed by atoms with van der Waals surface area (Å²) in [5.41, 5.74) is 3.31. The summed E-state index contributed by atoms with van der Waals surface area (Å²) in [6.07, 6.45) is 5.93. The summed E-state index contributed by atoms with van der Waals surface area (Å²) in [5, 5.41) is 7.02. The predicted octanol–water partition coefficient (Wildman–Crippen LogP) is 4.00. The fraction of sp³-hybridized carbons (Fsp3) is 0.375. The molecule has 2 N–H and O–H groups in total. The van der Waals surface area contributed by atoms with Crippen LogP contribution in [0.5, 0.6) is 5.75 Å². The van der Waals surface area contributed by atoms with Crippen molar-refractivity contribution in [1.29, 1.82) is 0 Å². The molecular weight excluding hydrogens is 408 g/mol. The second kappa shape index (κ2) is 9.30. The van der Waals surface area contributed by atoms with Gasteiger partial charge in [-0.1, -0.05) is 12.1 Å². The van der Waals surface area contributed by atoms with Gasteiger partial charge in [0.25, 0.3) is 0 Å². The van der Waals surface area contributed by atoms with Gasteiger partial charge in [-0.3, -0.25) is 4.79 Å². The molecule has 1 aliphatic carbocycles. The maximum Gasteiger partial charge on any atom is 0.356 e. The zero-order chi connectivity index (χ0) is 22.7. The second-order valence-electron chi connectivity index (χ2n) is 8.01. The maximum atomic E-state index is 12.8. The van der Waals surface area contributed by atoms with Crippen molar-refractivity contribution >= 4 is 34.3 Å². The Kier molecular flexibility index (Phi) is 6.30. The number of aromatic nitrogens is 2. The Labute approximate surface area is 186 Å². The highest BCUT2D eigenvalue weighted by Crippen LogP contribution is 2.34. The molecule has 0 bridgehead atoms. The molecule has 168 valence electrons. The first-order valence-corrected chi connectivity index (χ1v) is 10.8. The lowest BCUT2D eigenvalue weighted by Gasteiger charge is -2.27. The summed E-state index contributed by atoms with van der Waals surface area (Å²) in [5.74, 6) is 0.00760. The Balaban J connectivity index is 1.75. The fourth-order valence-electron chi connectivity index (χ4n) is 3.95. The van der Waals surface area contributed by atoms with Gasteiger partial charge in [0.1, 0.15) is 11.4 Å². The lowest BCUT2D eigenvalue weighted by molar-refractivity contribution is -0.114. The molecular formula is C24H28N4O4. The van der Waals surface area contributed by atoms with E-state index in [4.69, 9.17) is 9.47 Å². The van der Waals surface area contributed by atoms with Crippen LogP contribution in [0.2, 0.25) is 0 Å². The number of methoxy groups -OCH3 is 2. The standard InChI is InChI=1S/C24H28N4O4/c1-15(29)26-21-20-13-18(27-17-5-4-6-17)14-25-23(20)28(22(21)24(30)32-3)12-11-16-7-9-19(31-2)10-8-16/h7-10,13-14,17,27H,4-6,11-12H2,1-3H3,(H,26,29). The van der Waals surface area contributed by atoms with Crippen LogP contribution in [0.4, 0.5) is 11.4 Å². The number of fused-ring (bicyclic) bond motifs is 1. The van der Waals surface area contributed by atoms with Gasteiger partial charge in [-0.05, 0) is 49.4 Å². The first-order chi connectivity index (χ1) is 15.5. The van der Waals surface area contributed by atoms with Crippen LogP contribution in [-0.2, 0) is 22.5 Å². The average molecular weight is 437 g/mol. The number of carbonyl (C=O) groups excluding carboxylic acids is 2. The van der Waals surface area contributed by atoms with Crippen molar-refractivity contribution < 1.29 is 19.1 Å². The first kappa shape index (κ1) is 21.7. The number of ether oxygens (including phenoxy) is 2. The molecule has 0 atom stereocenters. The van der Waals surface area contributed by atoms with E-state index >= 15 is 0 Å². The third kappa shape index (κ3) is 4.39. The van der Waals surface area contributed by atoms with E-state index in [0.717, 1.165) is 29.8 Å². The number of nitrogens with one attached hydrogen (secondary N) is 2. The van der Waals surface area contributed by atoms with E-state index in [2.05, 4.69) is 15.6 Å². The van der Waals surface area contributed by atoms with Gasteiger partial charge in [0, 0.05) is 24.9 Å². The van der Waals surface area contributed by atoms with E-state index in [1.165, 1.54) is 20.5 Å². The largest absolute Gasteiger partial charge is 0.497 e. The summed E-state index contributed by atoms with van der Waals surface area (Å²) in [6, 6.07) is 10.2. The van der Waals surface area contributed by atoms with E-state index in [1.807, 2.05) is 34.9 Å². The molecule has 8 heteroatoms. The molecule has 2 heterocycles. The predicted molar refractivity (Wildman–Crippen MR) is 123 cm³/mol. The number of anilines is 2. The number of carbonyl (C=O) groups is 2. The monoisotopic (exact) mass is 436 g/mol.